The van der Waals surface area contributed by atoms with Crippen LogP contribution >= 0.6 is 11.3 Å². The molecule has 3 rings (SSSR count). The van der Waals surface area contributed by atoms with Gasteiger partial charge in [-0.1, -0.05) is 18.2 Å². The third-order valence-electron chi connectivity index (χ3n) is 4.58. The summed E-state index contributed by atoms with van der Waals surface area (Å²) in [7, 11) is 0. The van der Waals surface area contributed by atoms with Gasteiger partial charge in [-0.3, -0.25) is 4.79 Å². The number of hydrogen-bond donors (Lipinski definition) is 1. The van der Waals surface area contributed by atoms with Gasteiger partial charge < -0.3 is 14.7 Å². The van der Waals surface area contributed by atoms with Crippen LogP contribution in [0.4, 0.5) is 0 Å². The molecule has 1 N–H and O–H groups in total. The summed E-state index contributed by atoms with van der Waals surface area (Å²) >= 11 is 1.62. The number of carbonyl (C=O) groups is 2. The highest BCUT2D eigenvalue weighted by Gasteiger charge is 2.44. The average molecular weight is 359 g/mol. The van der Waals surface area contributed by atoms with Crippen molar-refractivity contribution in [2.24, 2.45) is 0 Å². The number of para-hydroxylation sites is 1. The molecular weight excluding hydrogens is 338 g/mol. The molecule has 2 heterocycles. The minimum Gasteiger partial charge on any atom is -0.478 e. The van der Waals surface area contributed by atoms with E-state index in [1.165, 1.54) is 5.56 Å². The number of carbonyl (C=O) groups excluding carboxylic acids is 1. The lowest BCUT2D eigenvalue weighted by Gasteiger charge is -2.39. The van der Waals surface area contributed by atoms with Crippen LogP contribution in [0.2, 0.25) is 0 Å². The first kappa shape index (κ1) is 17.5. The fourth-order valence-electron chi connectivity index (χ4n) is 3.04. The lowest BCUT2D eigenvalue weighted by molar-refractivity contribution is -0.161. The van der Waals surface area contributed by atoms with E-state index in [4.69, 9.17) is 4.74 Å². The van der Waals surface area contributed by atoms with Crippen molar-refractivity contribution in [2.75, 3.05) is 13.1 Å². The van der Waals surface area contributed by atoms with E-state index in [2.05, 4.69) is 0 Å². The predicted molar refractivity (Wildman–Crippen MR) is 95.9 cm³/mol. The van der Waals surface area contributed by atoms with Gasteiger partial charge in [0, 0.05) is 32.4 Å². The number of carboxylic acids is 1. The molecule has 132 valence electrons. The van der Waals surface area contributed by atoms with Crippen molar-refractivity contribution >= 4 is 23.2 Å². The second kappa shape index (κ2) is 7.70. The van der Waals surface area contributed by atoms with E-state index >= 15 is 0 Å². The Morgan fingerprint density at radius 1 is 1.16 bits per heavy atom. The average Bonchev–Trinajstić information content (AvgIpc) is 3.14. The second-order valence-electron chi connectivity index (χ2n) is 6.23. The lowest BCUT2D eigenvalue weighted by Crippen LogP contribution is -2.54. The largest absolute Gasteiger partial charge is 0.478 e. The van der Waals surface area contributed by atoms with E-state index in [-0.39, 0.29) is 5.91 Å². The van der Waals surface area contributed by atoms with Crippen LogP contribution in [-0.4, -0.2) is 40.6 Å². The normalized spacial score (nSPS) is 16.4. The summed E-state index contributed by atoms with van der Waals surface area (Å²) < 4.78 is 5.82. The van der Waals surface area contributed by atoms with E-state index in [9.17, 15) is 14.7 Å². The molecule has 0 aliphatic carbocycles. The number of aliphatic carboxylic acids is 1. The highest BCUT2D eigenvalue weighted by molar-refractivity contribution is 7.07. The van der Waals surface area contributed by atoms with Crippen molar-refractivity contribution in [1.82, 2.24) is 4.90 Å². The number of aryl methyl sites for hydroxylation is 1. The quantitative estimate of drug-likeness (QED) is 0.860. The number of carboxylic acid groups (broad SMARTS) is 1. The Kier molecular flexibility index (Phi) is 5.38. The smallest absolute Gasteiger partial charge is 0.348 e. The number of likely N-dealkylation sites (tertiary alicyclic amines) is 1. The van der Waals surface area contributed by atoms with Crippen molar-refractivity contribution in [2.45, 2.75) is 31.3 Å². The highest BCUT2D eigenvalue weighted by atomic mass is 32.1. The van der Waals surface area contributed by atoms with E-state index in [0.717, 1.165) is 6.42 Å². The monoisotopic (exact) mass is 359 g/mol. The third kappa shape index (κ3) is 4.20. The molecule has 1 aliphatic heterocycles. The predicted octanol–water partition coefficient (Wildman–Crippen LogP) is 3.21. The standard InChI is InChI=1S/C19H21NO4S/c21-17(7-6-15-8-13-25-14-15)20-11-9-19(10-12-20,18(22)23)24-16-4-2-1-3-5-16/h1-5,8,13-14H,6-7,9-12H2,(H,22,23). The molecule has 1 aromatic carbocycles. The van der Waals surface area contributed by atoms with Crippen LogP contribution in [0.15, 0.2) is 47.2 Å². The number of amides is 1. The van der Waals surface area contributed by atoms with Gasteiger partial charge in [0.1, 0.15) is 5.75 Å². The number of benzene rings is 1. The van der Waals surface area contributed by atoms with Crippen LogP contribution in [0.5, 0.6) is 5.75 Å². The zero-order valence-corrected chi connectivity index (χ0v) is 14.7. The Morgan fingerprint density at radius 3 is 2.48 bits per heavy atom. The fourth-order valence-corrected chi connectivity index (χ4v) is 3.74. The summed E-state index contributed by atoms with van der Waals surface area (Å²) in [6, 6.07) is 11.0. The molecule has 6 heteroatoms. The topological polar surface area (TPSA) is 66.8 Å². The fraction of sp³-hybridized carbons (Fsp3) is 0.368. The Balaban J connectivity index is 1.58. The summed E-state index contributed by atoms with van der Waals surface area (Å²) in [6.07, 6.45) is 1.77. The Morgan fingerprint density at radius 2 is 1.88 bits per heavy atom. The van der Waals surface area contributed by atoms with Crippen LogP contribution < -0.4 is 4.74 Å². The van der Waals surface area contributed by atoms with Gasteiger partial charge in [-0.25, -0.2) is 4.79 Å². The van der Waals surface area contributed by atoms with E-state index < -0.39 is 11.6 Å². The van der Waals surface area contributed by atoms with Crippen molar-refractivity contribution in [3.05, 3.63) is 52.7 Å². The summed E-state index contributed by atoms with van der Waals surface area (Å²) in [6.45, 7) is 0.809. The number of ether oxygens (including phenoxy) is 1. The summed E-state index contributed by atoms with van der Waals surface area (Å²) in [5.74, 6) is -0.353. The van der Waals surface area contributed by atoms with Gasteiger partial charge >= 0.3 is 5.97 Å². The van der Waals surface area contributed by atoms with Crippen LogP contribution in [0.1, 0.15) is 24.8 Å². The first-order valence-corrected chi connectivity index (χ1v) is 9.30. The van der Waals surface area contributed by atoms with Crippen molar-refractivity contribution < 1.29 is 19.4 Å². The Labute approximate surface area is 150 Å². The Bertz CT molecular complexity index is 706. The number of thiophene rings is 1. The van der Waals surface area contributed by atoms with Gasteiger partial charge in [0.15, 0.2) is 0 Å². The van der Waals surface area contributed by atoms with Crippen LogP contribution in [0, 0.1) is 0 Å². The maximum atomic E-state index is 12.4. The molecule has 2 aromatic rings. The molecule has 1 aromatic heterocycles. The van der Waals surface area contributed by atoms with Crippen LogP contribution in [0.25, 0.3) is 0 Å². The molecule has 1 aliphatic rings. The molecule has 25 heavy (non-hydrogen) atoms. The van der Waals surface area contributed by atoms with Gasteiger partial charge in [0.05, 0.1) is 0 Å². The van der Waals surface area contributed by atoms with E-state index in [0.29, 0.717) is 38.1 Å². The SMILES string of the molecule is O=C(CCc1ccsc1)N1CCC(Oc2ccccc2)(C(=O)O)CC1. The number of hydrogen-bond acceptors (Lipinski definition) is 4. The van der Waals surface area contributed by atoms with E-state index in [1.54, 1.807) is 28.4 Å². The molecule has 0 radical (unpaired) electrons. The maximum absolute atomic E-state index is 12.4. The molecule has 1 fully saturated rings. The molecule has 0 unspecified atom stereocenters. The van der Waals surface area contributed by atoms with Gasteiger partial charge in [0.25, 0.3) is 0 Å². The Hall–Kier alpha value is -2.34. The van der Waals surface area contributed by atoms with Crippen LogP contribution in [0.3, 0.4) is 0 Å². The molecule has 0 bridgehead atoms. The summed E-state index contributed by atoms with van der Waals surface area (Å²) in [4.78, 5) is 25.9. The molecule has 1 amide bonds. The number of rotatable bonds is 6. The highest BCUT2D eigenvalue weighted by Crippen LogP contribution is 2.29. The number of piperidine rings is 1. The maximum Gasteiger partial charge on any atom is 0.348 e. The minimum absolute atomic E-state index is 0.0740. The van der Waals surface area contributed by atoms with Gasteiger partial charge in [-0.15, -0.1) is 0 Å². The molecule has 5 nitrogen and oxygen atoms in total. The van der Waals surface area contributed by atoms with E-state index in [1.807, 2.05) is 35.0 Å². The summed E-state index contributed by atoms with van der Waals surface area (Å²) in [5, 5.41) is 13.7. The van der Waals surface area contributed by atoms with Crippen LogP contribution in [-0.2, 0) is 16.0 Å². The number of nitrogens with zero attached hydrogens (tertiary/aromatic N) is 1. The van der Waals surface area contributed by atoms with Gasteiger partial charge in [-0.2, -0.15) is 11.3 Å². The molecular formula is C19H21NO4S. The zero-order valence-electron chi connectivity index (χ0n) is 13.9. The minimum atomic E-state index is -1.26. The first-order chi connectivity index (χ1) is 12.1. The molecule has 1 saturated heterocycles. The summed E-state index contributed by atoms with van der Waals surface area (Å²) in [5.41, 5.74) is -0.0893. The molecule has 0 spiro atoms. The van der Waals surface area contributed by atoms with Gasteiger partial charge in [-0.05, 0) is 40.9 Å². The van der Waals surface area contributed by atoms with Crippen molar-refractivity contribution in [3.63, 3.8) is 0 Å². The molecule has 0 atom stereocenters. The van der Waals surface area contributed by atoms with Crippen molar-refractivity contribution in [3.8, 4) is 5.75 Å². The first-order valence-electron chi connectivity index (χ1n) is 8.35. The van der Waals surface area contributed by atoms with Gasteiger partial charge in [0.2, 0.25) is 11.5 Å². The third-order valence-corrected chi connectivity index (χ3v) is 5.31. The second-order valence-corrected chi connectivity index (χ2v) is 7.01. The lowest BCUT2D eigenvalue weighted by atomic mass is 9.90. The molecule has 0 saturated carbocycles. The van der Waals surface area contributed by atoms with Crippen molar-refractivity contribution in [1.29, 1.82) is 0 Å². The zero-order chi connectivity index (χ0) is 17.7.